The summed E-state index contributed by atoms with van der Waals surface area (Å²) in [6.45, 7) is 7.31. The summed E-state index contributed by atoms with van der Waals surface area (Å²) < 4.78 is 5.75. The average molecular weight is 457 g/mol. The molecule has 2 aliphatic rings. The molecule has 0 bridgehead atoms. The maximum atomic E-state index is 13.0. The number of likely N-dealkylation sites (tertiary alicyclic amines) is 1. The van der Waals surface area contributed by atoms with E-state index in [1.54, 1.807) is 6.26 Å². The normalized spacial score (nSPS) is 37.6. The highest BCUT2D eigenvalue weighted by atomic mass is 35.5. The summed E-state index contributed by atoms with van der Waals surface area (Å²) in [7, 11) is 0. The Morgan fingerprint density at radius 3 is 2.41 bits per heavy atom. The van der Waals surface area contributed by atoms with Crippen LogP contribution in [0.2, 0.25) is 0 Å². The van der Waals surface area contributed by atoms with Gasteiger partial charge in [-0.25, -0.2) is 0 Å². The van der Waals surface area contributed by atoms with Crippen molar-refractivity contribution in [3.63, 3.8) is 0 Å². The van der Waals surface area contributed by atoms with Crippen LogP contribution in [0.1, 0.15) is 40.0 Å². The first-order chi connectivity index (χ1) is 13.2. The Bertz CT molecular complexity index is 515. The number of amides is 1. The molecule has 0 radical (unpaired) electrons. The van der Waals surface area contributed by atoms with Crippen molar-refractivity contribution in [2.75, 3.05) is 19.3 Å². The van der Waals surface area contributed by atoms with Crippen molar-refractivity contribution in [3.8, 4) is 0 Å². The molecule has 0 saturated carbocycles. The molecule has 2 rings (SSSR count). The molecule has 8 nitrogen and oxygen atoms in total. The lowest BCUT2D eigenvalue weighted by Crippen LogP contribution is -2.65. The molecule has 0 aromatic rings. The molecule has 2 aliphatic heterocycles. The van der Waals surface area contributed by atoms with E-state index in [4.69, 9.17) is 4.74 Å². The first-order valence-corrected chi connectivity index (χ1v) is 11.5. The fourth-order valence-corrected chi connectivity index (χ4v) is 5.02. The third-order valence-electron chi connectivity index (χ3n) is 5.92. The molecule has 5 N–H and O–H groups in total. The van der Waals surface area contributed by atoms with E-state index in [2.05, 4.69) is 17.1 Å². The monoisotopic (exact) mass is 456 g/mol. The van der Waals surface area contributed by atoms with Crippen LogP contribution in [0.5, 0.6) is 0 Å². The van der Waals surface area contributed by atoms with Gasteiger partial charge in [0.2, 0.25) is 5.91 Å². The van der Waals surface area contributed by atoms with E-state index >= 15 is 0 Å². The SMILES string of the molecule is CCC[C@@H]1C[C@@H](C(=O)N[C@@H]([C@H]2O[C@H](SC)[C@H](O)[C@@H](O)[C@H]2O)[C@@H](C)O)N(CC)C1.Cl. The zero-order valence-electron chi connectivity index (χ0n) is 17.6. The molecule has 10 heteroatoms. The fraction of sp³-hybridized carbons (Fsp3) is 0.947. The molecule has 172 valence electrons. The number of thioether (sulfide) groups is 1. The molecule has 0 aromatic heterocycles. The van der Waals surface area contributed by atoms with Crippen LogP contribution < -0.4 is 5.32 Å². The Hall–Kier alpha value is -0.130. The minimum atomic E-state index is -1.42. The molecule has 0 aromatic carbocycles. The van der Waals surface area contributed by atoms with Crippen molar-refractivity contribution < 1.29 is 30.0 Å². The summed E-state index contributed by atoms with van der Waals surface area (Å²) in [5, 5.41) is 43.7. The van der Waals surface area contributed by atoms with E-state index in [1.165, 1.54) is 18.7 Å². The number of rotatable bonds is 8. The van der Waals surface area contributed by atoms with Crippen LogP contribution in [0.25, 0.3) is 0 Å². The van der Waals surface area contributed by atoms with Gasteiger partial charge in [-0.1, -0.05) is 20.3 Å². The van der Waals surface area contributed by atoms with Gasteiger partial charge in [-0.3, -0.25) is 9.69 Å². The van der Waals surface area contributed by atoms with Crippen LogP contribution in [0.3, 0.4) is 0 Å². The van der Waals surface area contributed by atoms with Crippen molar-refractivity contribution in [3.05, 3.63) is 0 Å². The molecular formula is C19H37ClN2O6S. The van der Waals surface area contributed by atoms with E-state index in [-0.39, 0.29) is 24.4 Å². The highest BCUT2D eigenvalue weighted by molar-refractivity contribution is 7.99. The number of hydrogen-bond donors (Lipinski definition) is 5. The van der Waals surface area contributed by atoms with Crippen LogP contribution in [0, 0.1) is 5.92 Å². The van der Waals surface area contributed by atoms with Crippen LogP contribution in [0.4, 0.5) is 0 Å². The Kier molecular flexibility index (Phi) is 11.2. The maximum absolute atomic E-state index is 13.0. The molecule has 2 saturated heterocycles. The van der Waals surface area contributed by atoms with Gasteiger partial charge in [0.1, 0.15) is 29.9 Å². The number of likely N-dealkylation sites (N-methyl/N-ethyl adjacent to an activating group) is 1. The first kappa shape index (κ1) is 26.9. The number of hydrogen-bond acceptors (Lipinski definition) is 8. The van der Waals surface area contributed by atoms with E-state index in [0.717, 1.165) is 32.4 Å². The number of carbonyl (C=O) groups excluding carboxylic acids is 1. The Labute approximate surface area is 183 Å². The molecule has 0 aliphatic carbocycles. The van der Waals surface area contributed by atoms with Gasteiger partial charge in [0.15, 0.2) is 0 Å². The number of aliphatic hydroxyl groups excluding tert-OH is 4. The molecule has 9 atom stereocenters. The standard InChI is InChI=1S/C19H36N2O6S.ClH/c1-5-7-11-8-12(21(6-2)9-11)18(26)20-13(10(3)22)17-15(24)14(23)16(25)19(27-17)28-4;/h10-17,19,22-25H,5-9H2,1-4H3,(H,20,26);1H/t10-,11-,12+,13-,14+,15-,16-,17-,19-;/m1./s1. The molecular weight excluding hydrogens is 420 g/mol. The summed E-state index contributed by atoms with van der Waals surface area (Å²) >= 11 is 1.20. The summed E-state index contributed by atoms with van der Waals surface area (Å²) in [4.78, 5) is 15.1. The molecule has 0 unspecified atom stereocenters. The molecule has 29 heavy (non-hydrogen) atoms. The lowest BCUT2D eigenvalue weighted by Gasteiger charge is -2.44. The highest BCUT2D eigenvalue weighted by Gasteiger charge is 2.48. The molecule has 1 amide bonds. The van der Waals surface area contributed by atoms with Gasteiger partial charge in [-0.05, 0) is 38.5 Å². The molecule has 2 fully saturated rings. The number of nitrogens with zero attached hydrogens (tertiary/aromatic N) is 1. The van der Waals surface area contributed by atoms with Crippen molar-refractivity contribution in [1.29, 1.82) is 0 Å². The van der Waals surface area contributed by atoms with Gasteiger partial charge in [-0.2, -0.15) is 0 Å². The van der Waals surface area contributed by atoms with Gasteiger partial charge in [0, 0.05) is 6.54 Å². The number of nitrogens with one attached hydrogen (secondary N) is 1. The van der Waals surface area contributed by atoms with E-state index < -0.39 is 42.0 Å². The summed E-state index contributed by atoms with van der Waals surface area (Å²) in [5.74, 6) is 0.267. The second kappa shape index (κ2) is 12.0. The van der Waals surface area contributed by atoms with E-state index in [9.17, 15) is 25.2 Å². The first-order valence-electron chi connectivity index (χ1n) is 10.2. The summed E-state index contributed by atoms with van der Waals surface area (Å²) in [5.41, 5.74) is -0.755. The second-order valence-corrected chi connectivity index (χ2v) is 8.88. The molecule has 0 spiro atoms. The Morgan fingerprint density at radius 2 is 1.90 bits per heavy atom. The summed E-state index contributed by atoms with van der Waals surface area (Å²) in [6.07, 6.45) is -1.47. The van der Waals surface area contributed by atoms with Gasteiger partial charge in [0.05, 0.1) is 18.2 Å². The lowest BCUT2D eigenvalue weighted by atomic mass is 9.92. The lowest BCUT2D eigenvalue weighted by molar-refractivity contribution is -0.211. The molecule has 2 heterocycles. The third-order valence-corrected chi connectivity index (χ3v) is 6.77. The smallest absolute Gasteiger partial charge is 0.237 e. The van der Waals surface area contributed by atoms with E-state index in [1.807, 2.05) is 6.92 Å². The largest absolute Gasteiger partial charge is 0.391 e. The zero-order chi connectivity index (χ0) is 21.0. The fourth-order valence-electron chi connectivity index (χ4n) is 4.34. The van der Waals surface area contributed by atoms with Crippen molar-refractivity contribution in [1.82, 2.24) is 10.2 Å². The second-order valence-electron chi connectivity index (χ2n) is 7.95. The highest BCUT2D eigenvalue weighted by Crippen LogP contribution is 2.30. The maximum Gasteiger partial charge on any atom is 0.237 e. The Morgan fingerprint density at radius 1 is 1.24 bits per heavy atom. The minimum Gasteiger partial charge on any atom is -0.391 e. The van der Waals surface area contributed by atoms with Gasteiger partial charge in [0.25, 0.3) is 0 Å². The topological polar surface area (TPSA) is 122 Å². The zero-order valence-corrected chi connectivity index (χ0v) is 19.2. The third kappa shape index (κ3) is 6.20. The van der Waals surface area contributed by atoms with Crippen molar-refractivity contribution in [2.24, 2.45) is 5.92 Å². The van der Waals surface area contributed by atoms with Gasteiger partial charge < -0.3 is 30.5 Å². The van der Waals surface area contributed by atoms with Gasteiger partial charge in [-0.15, -0.1) is 24.2 Å². The van der Waals surface area contributed by atoms with Gasteiger partial charge >= 0.3 is 0 Å². The number of carbonyl (C=O) groups is 1. The van der Waals surface area contributed by atoms with Crippen molar-refractivity contribution in [2.45, 2.75) is 88.1 Å². The average Bonchev–Trinajstić information content (AvgIpc) is 3.08. The quantitative estimate of drug-likeness (QED) is 0.344. The van der Waals surface area contributed by atoms with Crippen LogP contribution in [-0.4, -0.2) is 98.6 Å². The predicted molar refractivity (Wildman–Crippen MR) is 115 cm³/mol. The van der Waals surface area contributed by atoms with Crippen molar-refractivity contribution >= 4 is 30.1 Å². The minimum absolute atomic E-state index is 0. The van der Waals surface area contributed by atoms with Crippen LogP contribution in [0.15, 0.2) is 0 Å². The summed E-state index contributed by atoms with van der Waals surface area (Å²) in [6, 6.07) is -1.18. The number of aliphatic hydroxyl groups is 4. The van der Waals surface area contributed by atoms with E-state index in [0.29, 0.717) is 5.92 Å². The number of ether oxygens (including phenoxy) is 1. The van der Waals surface area contributed by atoms with Crippen LogP contribution in [-0.2, 0) is 9.53 Å². The Balaban J connectivity index is 0.00000420. The number of halogens is 1. The predicted octanol–water partition coefficient (Wildman–Crippen LogP) is -0.0451. The van der Waals surface area contributed by atoms with Crippen LogP contribution >= 0.6 is 24.2 Å².